The molecule has 0 aliphatic carbocycles. The largest absolute Gasteiger partial charge is 0.350 e. The molecule has 2 heteroatoms. The first-order valence-electron chi connectivity index (χ1n) is 4.89. The molecule has 0 fully saturated rings. The lowest BCUT2D eigenvalue weighted by Gasteiger charge is -2.04. The van der Waals surface area contributed by atoms with Crippen LogP contribution in [0.25, 0.3) is 10.9 Å². The van der Waals surface area contributed by atoms with E-state index in [0.29, 0.717) is 6.54 Å². The quantitative estimate of drug-likeness (QED) is 0.731. The van der Waals surface area contributed by atoms with Crippen molar-refractivity contribution in [2.75, 3.05) is 0 Å². The summed E-state index contributed by atoms with van der Waals surface area (Å²) >= 11 is 0. The van der Waals surface area contributed by atoms with Crippen LogP contribution in [0, 0.1) is 13.8 Å². The van der Waals surface area contributed by atoms with Crippen molar-refractivity contribution in [3.63, 3.8) is 0 Å². The minimum Gasteiger partial charge on any atom is -0.350 e. The van der Waals surface area contributed by atoms with Crippen LogP contribution < -0.4 is 5.73 Å². The number of aryl methyl sites for hydroxylation is 3. The second-order valence-electron chi connectivity index (χ2n) is 3.87. The number of nitrogens with two attached hydrogens (primary N) is 1. The average molecular weight is 188 g/mol. The highest BCUT2D eigenvalue weighted by molar-refractivity contribution is 5.87. The van der Waals surface area contributed by atoms with Crippen LogP contribution >= 0.6 is 0 Å². The summed E-state index contributed by atoms with van der Waals surface area (Å²) in [4.78, 5) is 0. The Morgan fingerprint density at radius 1 is 1.29 bits per heavy atom. The van der Waals surface area contributed by atoms with Gasteiger partial charge in [0.15, 0.2) is 0 Å². The Morgan fingerprint density at radius 2 is 2.00 bits per heavy atom. The molecular formula is C12H16N2. The molecule has 0 atom stereocenters. The summed E-state index contributed by atoms with van der Waals surface area (Å²) < 4.78 is 2.17. The highest BCUT2D eigenvalue weighted by atomic mass is 14.9. The molecule has 0 amide bonds. The van der Waals surface area contributed by atoms with Crippen molar-refractivity contribution in [1.82, 2.24) is 4.57 Å². The molecule has 0 aliphatic rings. The van der Waals surface area contributed by atoms with E-state index >= 15 is 0 Å². The molecule has 0 saturated carbocycles. The number of benzene rings is 1. The summed E-state index contributed by atoms with van der Waals surface area (Å²) in [5, 5.41) is 1.29. The zero-order valence-electron chi connectivity index (χ0n) is 8.96. The van der Waals surface area contributed by atoms with Crippen molar-refractivity contribution in [2.45, 2.75) is 20.4 Å². The molecule has 2 rings (SSSR count). The maximum Gasteiger partial charge on any atom is 0.0513 e. The summed E-state index contributed by atoms with van der Waals surface area (Å²) in [6, 6.07) is 4.33. The fourth-order valence-electron chi connectivity index (χ4n) is 2.05. The fraction of sp³-hybridized carbons (Fsp3) is 0.333. The second kappa shape index (κ2) is 3.14. The first-order valence-corrected chi connectivity index (χ1v) is 4.89. The third-order valence-electron chi connectivity index (χ3n) is 2.97. The van der Waals surface area contributed by atoms with Gasteiger partial charge in [0, 0.05) is 25.2 Å². The van der Waals surface area contributed by atoms with Crippen molar-refractivity contribution in [1.29, 1.82) is 0 Å². The van der Waals surface area contributed by atoms with Gasteiger partial charge >= 0.3 is 0 Å². The van der Waals surface area contributed by atoms with Gasteiger partial charge in [0.1, 0.15) is 0 Å². The standard InChI is InChI=1S/C12H16N2/c1-8-4-5-11-10(6-13)7-14(3)12(11)9(8)2/h4-5,7H,6,13H2,1-3H3. The van der Waals surface area contributed by atoms with Crippen LogP contribution in [0.4, 0.5) is 0 Å². The van der Waals surface area contributed by atoms with Gasteiger partial charge in [-0.25, -0.2) is 0 Å². The Bertz CT molecular complexity index is 481. The minimum absolute atomic E-state index is 0.611. The molecule has 0 unspecified atom stereocenters. The van der Waals surface area contributed by atoms with E-state index in [-0.39, 0.29) is 0 Å². The van der Waals surface area contributed by atoms with Gasteiger partial charge in [-0.1, -0.05) is 12.1 Å². The number of nitrogens with zero attached hydrogens (tertiary/aromatic N) is 1. The van der Waals surface area contributed by atoms with Crippen LogP contribution in [0.3, 0.4) is 0 Å². The van der Waals surface area contributed by atoms with E-state index in [9.17, 15) is 0 Å². The average Bonchev–Trinajstić information content (AvgIpc) is 2.49. The molecule has 0 saturated heterocycles. The zero-order chi connectivity index (χ0) is 10.3. The van der Waals surface area contributed by atoms with Crippen LogP contribution in [0.2, 0.25) is 0 Å². The maximum absolute atomic E-state index is 5.70. The van der Waals surface area contributed by atoms with E-state index in [1.54, 1.807) is 0 Å². The van der Waals surface area contributed by atoms with Crippen LogP contribution in [0.5, 0.6) is 0 Å². The molecule has 14 heavy (non-hydrogen) atoms. The van der Waals surface area contributed by atoms with Crippen molar-refractivity contribution in [2.24, 2.45) is 12.8 Å². The van der Waals surface area contributed by atoms with E-state index in [2.05, 4.69) is 43.8 Å². The lowest BCUT2D eigenvalue weighted by atomic mass is 10.0. The highest BCUT2D eigenvalue weighted by Gasteiger charge is 2.08. The second-order valence-corrected chi connectivity index (χ2v) is 3.87. The molecule has 74 valence electrons. The van der Waals surface area contributed by atoms with Gasteiger partial charge in [0.05, 0.1) is 5.52 Å². The van der Waals surface area contributed by atoms with E-state index < -0.39 is 0 Å². The molecule has 1 heterocycles. The molecular weight excluding hydrogens is 172 g/mol. The summed E-state index contributed by atoms with van der Waals surface area (Å²) in [5.74, 6) is 0. The van der Waals surface area contributed by atoms with Crippen LogP contribution in [-0.4, -0.2) is 4.57 Å². The van der Waals surface area contributed by atoms with E-state index in [0.717, 1.165) is 0 Å². The highest BCUT2D eigenvalue weighted by Crippen LogP contribution is 2.25. The molecule has 2 aromatic rings. The monoisotopic (exact) mass is 188 g/mol. The SMILES string of the molecule is Cc1ccc2c(CN)cn(C)c2c1C. The fourth-order valence-corrected chi connectivity index (χ4v) is 2.05. The van der Waals surface area contributed by atoms with Crippen LogP contribution in [-0.2, 0) is 13.6 Å². The molecule has 1 aromatic heterocycles. The van der Waals surface area contributed by atoms with Gasteiger partial charge in [-0.05, 0) is 30.5 Å². The Balaban J connectivity index is 2.89. The van der Waals surface area contributed by atoms with E-state index in [1.807, 2.05) is 0 Å². The van der Waals surface area contributed by atoms with Crippen LogP contribution in [0.15, 0.2) is 18.3 Å². The summed E-state index contributed by atoms with van der Waals surface area (Å²) in [5.41, 5.74) is 10.9. The molecule has 0 aliphatic heterocycles. The Hall–Kier alpha value is -1.28. The Kier molecular flexibility index (Phi) is 2.08. The summed E-state index contributed by atoms with van der Waals surface area (Å²) in [6.45, 7) is 4.92. The third kappa shape index (κ3) is 1.15. The number of rotatable bonds is 1. The van der Waals surface area contributed by atoms with Crippen molar-refractivity contribution in [3.8, 4) is 0 Å². The van der Waals surface area contributed by atoms with Gasteiger partial charge in [-0.3, -0.25) is 0 Å². The predicted octanol–water partition coefficient (Wildman–Crippen LogP) is 2.25. The van der Waals surface area contributed by atoms with E-state index in [1.165, 1.54) is 27.6 Å². The van der Waals surface area contributed by atoms with Gasteiger partial charge < -0.3 is 10.3 Å². The van der Waals surface area contributed by atoms with Crippen LogP contribution in [0.1, 0.15) is 16.7 Å². The topological polar surface area (TPSA) is 30.9 Å². The van der Waals surface area contributed by atoms with Gasteiger partial charge in [0.2, 0.25) is 0 Å². The molecule has 0 radical (unpaired) electrons. The van der Waals surface area contributed by atoms with Crippen molar-refractivity contribution >= 4 is 10.9 Å². The van der Waals surface area contributed by atoms with Gasteiger partial charge in [-0.2, -0.15) is 0 Å². The summed E-state index contributed by atoms with van der Waals surface area (Å²) in [6.07, 6.45) is 2.12. The Morgan fingerprint density at radius 3 is 2.64 bits per heavy atom. The molecule has 1 aromatic carbocycles. The maximum atomic E-state index is 5.70. The number of hydrogen-bond donors (Lipinski definition) is 1. The molecule has 2 N–H and O–H groups in total. The van der Waals surface area contributed by atoms with Crippen molar-refractivity contribution < 1.29 is 0 Å². The lowest BCUT2D eigenvalue weighted by molar-refractivity contribution is 0.944. The minimum atomic E-state index is 0.611. The van der Waals surface area contributed by atoms with Gasteiger partial charge in [0.25, 0.3) is 0 Å². The first kappa shape index (κ1) is 9.28. The van der Waals surface area contributed by atoms with Gasteiger partial charge in [-0.15, -0.1) is 0 Å². The zero-order valence-corrected chi connectivity index (χ0v) is 8.96. The molecule has 0 spiro atoms. The number of aromatic nitrogens is 1. The first-order chi connectivity index (χ1) is 6.65. The number of fused-ring (bicyclic) bond motifs is 1. The predicted molar refractivity (Wildman–Crippen MR) is 60.3 cm³/mol. The number of hydrogen-bond acceptors (Lipinski definition) is 1. The smallest absolute Gasteiger partial charge is 0.0513 e. The third-order valence-corrected chi connectivity index (χ3v) is 2.97. The summed E-state index contributed by atoms with van der Waals surface area (Å²) in [7, 11) is 2.08. The normalized spacial score (nSPS) is 11.1. The van der Waals surface area contributed by atoms with Crippen molar-refractivity contribution in [3.05, 3.63) is 35.0 Å². The van der Waals surface area contributed by atoms with E-state index in [4.69, 9.17) is 5.73 Å². The Labute approximate surface area is 84.3 Å². The molecule has 0 bridgehead atoms. The lowest BCUT2D eigenvalue weighted by Crippen LogP contribution is -1.94. The molecule has 2 nitrogen and oxygen atoms in total.